The lowest BCUT2D eigenvalue weighted by atomic mass is 9.85. The fraction of sp³-hybridized carbons (Fsp3) is 1.00. The topological polar surface area (TPSA) is 55.7 Å². The standard InChI is InChI=1S/C13H28N2O2/c1-13(2)5-4-11(12(13)14-3)10-15(6-8-16)7-9-17/h11-12,14,16-17H,4-10H2,1-3H3. The molecule has 0 bridgehead atoms. The lowest BCUT2D eigenvalue weighted by Gasteiger charge is -2.33. The number of aliphatic hydroxyl groups excluding tert-OH is 2. The molecular formula is C13H28N2O2. The third-order valence-electron chi connectivity index (χ3n) is 4.11. The second-order valence-corrected chi connectivity index (χ2v) is 5.80. The third-order valence-corrected chi connectivity index (χ3v) is 4.11. The van der Waals surface area contributed by atoms with Gasteiger partial charge in [-0.1, -0.05) is 13.8 Å². The Morgan fingerprint density at radius 2 is 1.82 bits per heavy atom. The molecular weight excluding hydrogens is 216 g/mol. The van der Waals surface area contributed by atoms with Crippen LogP contribution in [-0.2, 0) is 0 Å². The molecule has 0 saturated heterocycles. The van der Waals surface area contributed by atoms with Crippen molar-refractivity contribution in [3.63, 3.8) is 0 Å². The van der Waals surface area contributed by atoms with Gasteiger partial charge in [0.25, 0.3) is 0 Å². The van der Waals surface area contributed by atoms with Crippen LogP contribution in [0.5, 0.6) is 0 Å². The molecule has 0 radical (unpaired) electrons. The molecule has 0 spiro atoms. The van der Waals surface area contributed by atoms with Crippen LogP contribution in [0.3, 0.4) is 0 Å². The Hall–Kier alpha value is -0.160. The van der Waals surface area contributed by atoms with Crippen LogP contribution in [0, 0.1) is 11.3 Å². The molecule has 1 aliphatic carbocycles. The van der Waals surface area contributed by atoms with Crippen LogP contribution < -0.4 is 5.32 Å². The highest BCUT2D eigenvalue weighted by molar-refractivity contribution is 4.96. The van der Waals surface area contributed by atoms with Gasteiger partial charge in [0.15, 0.2) is 0 Å². The maximum Gasteiger partial charge on any atom is 0.0558 e. The first-order valence-corrected chi connectivity index (χ1v) is 6.66. The van der Waals surface area contributed by atoms with Crippen molar-refractivity contribution in [3.8, 4) is 0 Å². The summed E-state index contributed by atoms with van der Waals surface area (Å²) < 4.78 is 0. The van der Waals surface area contributed by atoms with Gasteiger partial charge < -0.3 is 15.5 Å². The molecule has 17 heavy (non-hydrogen) atoms. The normalized spacial score (nSPS) is 27.9. The summed E-state index contributed by atoms with van der Waals surface area (Å²) >= 11 is 0. The summed E-state index contributed by atoms with van der Waals surface area (Å²) in [6.45, 7) is 7.26. The fourth-order valence-corrected chi connectivity index (χ4v) is 3.25. The SMILES string of the molecule is CNC1C(CN(CCO)CCO)CCC1(C)C. The molecule has 1 rings (SSSR count). The van der Waals surface area contributed by atoms with Crippen LogP contribution in [0.2, 0.25) is 0 Å². The Balaban J connectivity index is 2.54. The van der Waals surface area contributed by atoms with E-state index in [0.29, 0.717) is 30.5 Å². The lowest BCUT2D eigenvalue weighted by Crippen LogP contribution is -2.45. The van der Waals surface area contributed by atoms with E-state index < -0.39 is 0 Å². The van der Waals surface area contributed by atoms with Crippen LogP contribution in [0.25, 0.3) is 0 Å². The largest absolute Gasteiger partial charge is 0.395 e. The van der Waals surface area contributed by atoms with Gasteiger partial charge in [0.05, 0.1) is 13.2 Å². The molecule has 0 aromatic heterocycles. The summed E-state index contributed by atoms with van der Waals surface area (Å²) in [5.41, 5.74) is 0.351. The third kappa shape index (κ3) is 3.91. The molecule has 3 N–H and O–H groups in total. The van der Waals surface area contributed by atoms with Crippen molar-refractivity contribution >= 4 is 0 Å². The number of nitrogens with zero attached hydrogens (tertiary/aromatic N) is 1. The Bertz CT molecular complexity index is 215. The molecule has 0 amide bonds. The van der Waals surface area contributed by atoms with E-state index >= 15 is 0 Å². The van der Waals surface area contributed by atoms with Crippen molar-refractivity contribution in [1.82, 2.24) is 10.2 Å². The highest BCUT2D eigenvalue weighted by Gasteiger charge is 2.41. The summed E-state index contributed by atoms with van der Waals surface area (Å²) in [4.78, 5) is 2.16. The van der Waals surface area contributed by atoms with E-state index in [4.69, 9.17) is 10.2 Å². The van der Waals surface area contributed by atoms with Crippen molar-refractivity contribution in [3.05, 3.63) is 0 Å². The Kier molecular flexibility index (Phi) is 5.86. The van der Waals surface area contributed by atoms with E-state index in [-0.39, 0.29) is 13.2 Å². The molecule has 0 aromatic rings. The molecule has 0 aliphatic heterocycles. The smallest absolute Gasteiger partial charge is 0.0558 e. The quantitative estimate of drug-likeness (QED) is 0.603. The van der Waals surface area contributed by atoms with Crippen molar-refractivity contribution in [2.45, 2.75) is 32.7 Å². The van der Waals surface area contributed by atoms with Crippen LogP contribution in [0.4, 0.5) is 0 Å². The van der Waals surface area contributed by atoms with Gasteiger partial charge in [0.1, 0.15) is 0 Å². The van der Waals surface area contributed by atoms with Gasteiger partial charge in [0, 0.05) is 25.7 Å². The van der Waals surface area contributed by atoms with E-state index in [1.807, 2.05) is 7.05 Å². The highest BCUT2D eigenvalue weighted by Crippen LogP contribution is 2.41. The zero-order valence-electron chi connectivity index (χ0n) is 11.4. The minimum atomic E-state index is 0.167. The zero-order valence-corrected chi connectivity index (χ0v) is 11.4. The molecule has 102 valence electrons. The summed E-state index contributed by atoms with van der Waals surface area (Å²) in [7, 11) is 2.03. The summed E-state index contributed by atoms with van der Waals surface area (Å²) in [6.07, 6.45) is 2.47. The Morgan fingerprint density at radius 1 is 1.24 bits per heavy atom. The first-order chi connectivity index (χ1) is 8.05. The minimum absolute atomic E-state index is 0.167. The monoisotopic (exact) mass is 244 g/mol. The minimum Gasteiger partial charge on any atom is -0.395 e. The van der Waals surface area contributed by atoms with Gasteiger partial charge in [-0.25, -0.2) is 0 Å². The summed E-state index contributed by atoms with van der Waals surface area (Å²) in [6, 6.07) is 0.530. The number of aliphatic hydroxyl groups is 2. The van der Waals surface area contributed by atoms with E-state index in [9.17, 15) is 0 Å². The van der Waals surface area contributed by atoms with E-state index in [0.717, 1.165) is 6.54 Å². The average Bonchev–Trinajstić information content (AvgIpc) is 2.54. The highest BCUT2D eigenvalue weighted by atomic mass is 16.3. The molecule has 0 aromatic carbocycles. The first-order valence-electron chi connectivity index (χ1n) is 6.66. The van der Waals surface area contributed by atoms with Crippen LogP contribution >= 0.6 is 0 Å². The molecule has 2 atom stereocenters. The number of rotatable bonds is 7. The van der Waals surface area contributed by atoms with Gasteiger partial charge in [-0.2, -0.15) is 0 Å². The molecule has 1 saturated carbocycles. The predicted octanol–water partition coefficient (Wildman–Crippen LogP) is 0.297. The number of hydrogen-bond acceptors (Lipinski definition) is 4. The van der Waals surface area contributed by atoms with Crippen molar-refractivity contribution in [2.24, 2.45) is 11.3 Å². The van der Waals surface area contributed by atoms with Crippen molar-refractivity contribution in [2.75, 3.05) is 39.9 Å². The average molecular weight is 244 g/mol. The number of hydrogen-bond donors (Lipinski definition) is 3. The van der Waals surface area contributed by atoms with Crippen LogP contribution in [0.15, 0.2) is 0 Å². The zero-order chi connectivity index (χ0) is 12.9. The van der Waals surface area contributed by atoms with E-state index in [2.05, 4.69) is 24.1 Å². The van der Waals surface area contributed by atoms with Gasteiger partial charge in [-0.15, -0.1) is 0 Å². The maximum atomic E-state index is 9.02. The lowest BCUT2D eigenvalue weighted by molar-refractivity contribution is 0.132. The maximum absolute atomic E-state index is 9.02. The molecule has 1 fully saturated rings. The van der Waals surface area contributed by atoms with E-state index in [1.165, 1.54) is 12.8 Å². The van der Waals surface area contributed by atoms with Gasteiger partial charge >= 0.3 is 0 Å². The molecule has 2 unspecified atom stereocenters. The molecule has 4 heteroatoms. The molecule has 4 nitrogen and oxygen atoms in total. The fourth-order valence-electron chi connectivity index (χ4n) is 3.25. The molecule has 1 aliphatic rings. The van der Waals surface area contributed by atoms with Crippen molar-refractivity contribution < 1.29 is 10.2 Å². The molecule has 0 heterocycles. The van der Waals surface area contributed by atoms with Crippen LogP contribution in [-0.4, -0.2) is 61.1 Å². The predicted molar refractivity (Wildman–Crippen MR) is 70.0 cm³/mol. The Labute approximate surface area is 105 Å². The summed E-state index contributed by atoms with van der Waals surface area (Å²) in [5, 5.41) is 21.5. The second-order valence-electron chi connectivity index (χ2n) is 5.80. The van der Waals surface area contributed by atoms with Gasteiger partial charge in [0.2, 0.25) is 0 Å². The van der Waals surface area contributed by atoms with Gasteiger partial charge in [-0.05, 0) is 31.2 Å². The van der Waals surface area contributed by atoms with Crippen LogP contribution in [0.1, 0.15) is 26.7 Å². The number of nitrogens with one attached hydrogen (secondary N) is 1. The summed E-state index contributed by atoms with van der Waals surface area (Å²) in [5.74, 6) is 0.619. The van der Waals surface area contributed by atoms with Gasteiger partial charge in [-0.3, -0.25) is 4.90 Å². The van der Waals surface area contributed by atoms with E-state index in [1.54, 1.807) is 0 Å². The second kappa shape index (κ2) is 6.69. The first kappa shape index (κ1) is 14.9. The Morgan fingerprint density at radius 3 is 2.29 bits per heavy atom. The van der Waals surface area contributed by atoms with Crippen molar-refractivity contribution in [1.29, 1.82) is 0 Å².